The van der Waals surface area contributed by atoms with Gasteiger partial charge in [0.25, 0.3) is 0 Å². The van der Waals surface area contributed by atoms with Crippen LogP contribution in [-0.4, -0.2) is 35.3 Å². The summed E-state index contributed by atoms with van der Waals surface area (Å²) in [5, 5.41) is 4.09. The molecule has 0 bridgehead atoms. The van der Waals surface area contributed by atoms with Gasteiger partial charge in [-0.25, -0.2) is 0 Å². The fourth-order valence-electron chi connectivity index (χ4n) is 2.15. The summed E-state index contributed by atoms with van der Waals surface area (Å²) in [7, 11) is 0. The van der Waals surface area contributed by atoms with Gasteiger partial charge < -0.3 is 15.0 Å². The summed E-state index contributed by atoms with van der Waals surface area (Å²) in [6.45, 7) is 5.87. The van der Waals surface area contributed by atoms with Crippen molar-refractivity contribution in [3.63, 3.8) is 0 Å². The lowest BCUT2D eigenvalue weighted by Crippen LogP contribution is -2.52. The van der Waals surface area contributed by atoms with Gasteiger partial charge in [0, 0.05) is 12.2 Å². The number of hydrogen-bond acceptors (Lipinski definition) is 2. The highest BCUT2D eigenvalue weighted by Gasteiger charge is 2.27. The number of morpholine rings is 1. The maximum atomic E-state index is 5.68. The van der Waals surface area contributed by atoms with Crippen molar-refractivity contribution in [1.82, 2.24) is 4.90 Å². The molecule has 0 aliphatic carbocycles. The molecule has 1 saturated heterocycles. The molecule has 1 heterocycles. The monoisotopic (exact) mass is 264 g/mol. The van der Waals surface area contributed by atoms with E-state index in [0.717, 1.165) is 30.4 Å². The number of anilines is 1. The van der Waals surface area contributed by atoms with Gasteiger partial charge in [-0.05, 0) is 37.7 Å². The molecule has 0 saturated carbocycles. The first kappa shape index (κ1) is 13.3. The maximum absolute atomic E-state index is 5.68. The van der Waals surface area contributed by atoms with Gasteiger partial charge in [0.1, 0.15) is 0 Å². The molecule has 0 amide bonds. The largest absolute Gasteiger partial charge is 0.375 e. The predicted octanol–water partition coefficient (Wildman–Crippen LogP) is 2.88. The normalized spacial score (nSPS) is 23.8. The number of nitrogens with zero attached hydrogens (tertiary/aromatic N) is 1. The first-order chi connectivity index (χ1) is 8.70. The van der Waals surface area contributed by atoms with E-state index in [-0.39, 0.29) is 6.10 Å². The Morgan fingerprint density at radius 2 is 2.17 bits per heavy atom. The van der Waals surface area contributed by atoms with Crippen molar-refractivity contribution in [3.05, 3.63) is 30.3 Å². The molecule has 98 valence electrons. The van der Waals surface area contributed by atoms with Crippen LogP contribution in [0.2, 0.25) is 0 Å². The Bertz CT molecular complexity index is 396. The summed E-state index contributed by atoms with van der Waals surface area (Å²) < 4.78 is 5.68. The van der Waals surface area contributed by atoms with E-state index in [1.54, 1.807) is 0 Å². The SMILES string of the molecule is CCC1COC(C)CN1C(=S)Nc1ccccc1. The van der Waals surface area contributed by atoms with E-state index < -0.39 is 0 Å². The van der Waals surface area contributed by atoms with Crippen LogP contribution in [0.5, 0.6) is 0 Å². The number of ether oxygens (including phenoxy) is 1. The fourth-order valence-corrected chi connectivity index (χ4v) is 2.49. The first-order valence-electron chi connectivity index (χ1n) is 6.45. The topological polar surface area (TPSA) is 24.5 Å². The van der Waals surface area contributed by atoms with E-state index in [0.29, 0.717) is 6.04 Å². The quantitative estimate of drug-likeness (QED) is 0.830. The van der Waals surface area contributed by atoms with Crippen LogP contribution in [0.25, 0.3) is 0 Å². The van der Waals surface area contributed by atoms with Crippen molar-refractivity contribution in [2.24, 2.45) is 0 Å². The molecule has 0 radical (unpaired) electrons. The summed E-state index contributed by atoms with van der Waals surface area (Å²) in [5.41, 5.74) is 1.04. The Morgan fingerprint density at radius 1 is 1.44 bits per heavy atom. The zero-order valence-corrected chi connectivity index (χ0v) is 11.7. The molecule has 1 aromatic rings. The minimum Gasteiger partial charge on any atom is -0.375 e. The van der Waals surface area contributed by atoms with Crippen molar-refractivity contribution >= 4 is 23.0 Å². The van der Waals surface area contributed by atoms with Crippen LogP contribution >= 0.6 is 12.2 Å². The second-order valence-corrected chi connectivity index (χ2v) is 5.04. The summed E-state index contributed by atoms with van der Waals surface area (Å²) >= 11 is 5.51. The highest BCUT2D eigenvalue weighted by Crippen LogP contribution is 2.16. The Hall–Kier alpha value is -1.13. The second-order valence-electron chi connectivity index (χ2n) is 4.65. The lowest BCUT2D eigenvalue weighted by Gasteiger charge is -2.40. The third kappa shape index (κ3) is 3.21. The molecule has 1 N–H and O–H groups in total. The maximum Gasteiger partial charge on any atom is 0.173 e. The second kappa shape index (κ2) is 6.16. The van der Waals surface area contributed by atoms with Crippen molar-refractivity contribution in [2.75, 3.05) is 18.5 Å². The molecule has 1 aromatic carbocycles. The standard InChI is InChI=1S/C14H20N2OS/c1-3-13-10-17-11(2)9-16(13)14(18)15-12-7-5-4-6-8-12/h4-8,11,13H,3,9-10H2,1-2H3,(H,15,18). The van der Waals surface area contributed by atoms with E-state index in [1.807, 2.05) is 30.3 Å². The van der Waals surface area contributed by atoms with Gasteiger partial charge in [-0.3, -0.25) is 0 Å². The number of thiocarbonyl (C=S) groups is 1. The molecular formula is C14H20N2OS. The molecule has 0 aromatic heterocycles. The fraction of sp³-hybridized carbons (Fsp3) is 0.500. The molecule has 2 rings (SSSR count). The molecule has 2 unspecified atom stereocenters. The summed E-state index contributed by atoms with van der Waals surface area (Å²) in [5.74, 6) is 0. The molecule has 1 aliphatic heterocycles. The molecular weight excluding hydrogens is 244 g/mol. The first-order valence-corrected chi connectivity index (χ1v) is 6.85. The van der Waals surface area contributed by atoms with Gasteiger partial charge in [-0.15, -0.1) is 0 Å². The molecule has 1 aliphatic rings. The number of benzene rings is 1. The van der Waals surface area contributed by atoms with Crippen LogP contribution in [0.1, 0.15) is 20.3 Å². The van der Waals surface area contributed by atoms with Crippen molar-refractivity contribution < 1.29 is 4.74 Å². The van der Waals surface area contributed by atoms with Gasteiger partial charge >= 0.3 is 0 Å². The molecule has 2 atom stereocenters. The van der Waals surface area contributed by atoms with Crippen LogP contribution in [0.15, 0.2) is 30.3 Å². The van der Waals surface area contributed by atoms with Gasteiger partial charge in [-0.2, -0.15) is 0 Å². The Morgan fingerprint density at radius 3 is 2.83 bits per heavy atom. The minimum absolute atomic E-state index is 0.239. The molecule has 18 heavy (non-hydrogen) atoms. The zero-order chi connectivity index (χ0) is 13.0. The van der Waals surface area contributed by atoms with E-state index in [1.165, 1.54) is 0 Å². The van der Waals surface area contributed by atoms with Crippen LogP contribution in [0.3, 0.4) is 0 Å². The van der Waals surface area contributed by atoms with Crippen LogP contribution < -0.4 is 5.32 Å². The van der Waals surface area contributed by atoms with E-state index in [2.05, 4.69) is 24.1 Å². The smallest absolute Gasteiger partial charge is 0.173 e. The van der Waals surface area contributed by atoms with Gasteiger partial charge in [0.2, 0.25) is 0 Å². The van der Waals surface area contributed by atoms with E-state index in [9.17, 15) is 0 Å². The molecule has 1 fully saturated rings. The number of hydrogen-bond donors (Lipinski definition) is 1. The summed E-state index contributed by atoms with van der Waals surface area (Å²) in [6.07, 6.45) is 1.28. The Labute approximate surface area is 114 Å². The van der Waals surface area contributed by atoms with Gasteiger partial charge in [-0.1, -0.05) is 25.1 Å². The minimum atomic E-state index is 0.239. The van der Waals surface area contributed by atoms with Gasteiger partial charge in [0.05, 0.1) is 18.8 Å². The van der Waals surface area contributed by atoms with Crippen molar-refractivity contribution in [3.8, 4) is 0 Å². The van der Waals surface area contributed by atoms with Crippen molar-refractivity contribution in [1.29, 1.82) is 0 Å². The third-order valence-corrected chi connectivity index (χ3v) is 3.56. The number of rotatable bonds is 2. The van der Waals surface area contributed by atoms with Crippen LogP contribution in [0.4, 0.5) is 5.69 Å². The summed E-state index contributed by atoms with van der Waals surface area (Å²) in [4.78, 5) is 2.25. The lowest BCUT2D eigenvalue weighted by atomic mass is 10.1. The van der Waals surface area contributed by atoms with E-state index >= 15 is 0 Å². The average Bonchev–Trinajstić information content (AvgIpc) is 2.40. The highest BCUT2D eigenvalue weighted by molar-refractivity contribution is 7.80. The molecule has 4 heteroatoms. The molecule has 0 spiro atoms. The van der Waals surface area contributed by atoms with E-state index in [4.69, 9.17) is 17.0 Å². The highest BCUT2D eigenvalue weighted by atomic mass is 32.1. The number of nitrogens with one attached hydrogen (secondary N) is 1. The summed E-state index contributed by atoms with van der Waals surface area (Å²) in [6, 6.07) is 10.4. The Balaban J connectivity index is 2.02. The van der Waals surface area contributed by atoms with Gasteiger partial charge in [0.15, 0.2) is 5.11 Å². The Kier molecular flexibility index (Phi) is 4.55. The van der Waals surface area contributed by atoms with Crippen molar-refractivity contribution in [2.45, 2.75) is 32.4 Å². The van der Waals surface area contributed by atoms with Crippen LogP contribution in [-0.2, 0) is 4.74 Å². The number of para-hydroxylation sites is 1. The third-order valence-electron chi connectivity index (χ3n) is 3.22. The lowest BCUT2D eigenvalue weighted by molar-refractivity contribution is -0.0275. The molecule has 3 nitrogen and oxygen atoms in total. The van der Waals surface area contributed by atoms with Crippen LogP contribution in [0, 0.1) is 0 Å². The zero-order valence-electron chi connectivity index (χ0n) is 10.9. The average molecular weight is 264 g/mol. The predicted molar refractivity (Wildman–Crippen MR) is 78.9 cm³/mol.